The molecular formula is C20H36Cl2O4. The van der Waals surface area contributed by atoms with Crippen molar-refractivity contribution in [3.8, 4) is 0 Å². The van der Waals surface area contributed by atoms with Crippen LogP contribution in [-0.4, -0.2) is 27.0 Å². The number of hydrogen-bond acceptors (Lipinski definition) is 2. The molecule has 1 unspecified atom stereocenters. The largest absolute Gasteiger partial charge is 0.481 e. The highest BCUT2D eigenvalue weighted by Crippen LogP contribution is 2.17. The standard InChI is InChI=1S/C20H36Cl2O4/c21-18(22)15-13-11-9-7-5-3-1-2-4-6-8-10-12-14-17(20(25)26)16-19(23)24/h17-18H,1-16H2,(H,23,24)(H,25,26). The zero-order valence-corrected chi connectivity index (χ0v) is 17.4. The topological polar surface area (TPSA) is 74.6 Å². The molecule has 0 saturated carbocycles. The molecule has 0 aromatic heterocycles. The van der Waals surface area contributed by atoms with Gasteiger partial charge in [0.2, 0.25) is 0 Å². The predicted molar refractivity (Wildman–Crippen MR) is 108 cm³/mol. The van der Waals surface area contributed by atoms with Crippen LogP contribution in [0.15, 0.2) is 0 Å². The molecule has 0 radical (unpaired) electrons. The molecule has 0 aromatic rings. The summed E-state index contributed by atoms with van der Waals surface area (Å²) in [6, 6.07) is 0. The first-order valence-electron chi connectivity index (χ1n) is 10.2. The number of aliphatic carboxylic acids is 2. The van der Waals surface area contributed by atoms with Crippen molar-refractivity contribution >= 4 is 35.1 Å². The maximum atomic E-state index is 11.0. The van der Waals surface area contributed by atoms with Gasteiger partial charge < -0.3 is 10.2 Å². The van der Waals surface area contributed by atoms with E-state index in [4.69, 9.17) is 33.4 Å². The summed E-state index contributed by atoms with van der Waals surface area (Å²) in [6.45, 7) is 0. The molecule has 0 rings (SSSR count). The highest BCUT2D eigenvalue weighted by atomic mass is 35.5. The van der Waals surface area contributed by atoms with E-state index in [-0.39, 0.29) is 11.3 Å². The van der Waals surface area contributed by atoms with Crippen LogP contribution >= 0.6 is 23.2 Å². The van der Waals surface area contributed by atoms with Crippen LogP contribution in [0.5, 0.6) is 0 Å². The predicted octanol–water partition coefficient (Wildman–Crippen LogP) is 6.82. The lowest BCUT2D eigenvalue weighted by atomic mass is 9.97. The number of hydrogen-bond donors (Lipinski definition) is 2. The van der Waals surface area contributed by atoms with Crippen LogP contribution in [0.4, 0.5) is 0 Å². The molecule has 0 aliphatic carbocycles. The van der Waals surface area contributed by atoms with Gasteiger partial charge >= 0.3 is 11.9 Å². The van der Waals surface area contributed by atoms with Crippen LogP contribution in [0, 0.1) is 5.92 Å². The van der Waals surface area contributed by atoms with Crippen LogP contribution in [0.25, 0.3) is 0 Å². The molecule has 6 heteroatoms. The van der Waals surface area contributed by atoms with E-state index in [1.807, 2.05) is 0 Å². The Bertz CT molecular complexity index is 362. The number of alkyl halides is 2. The first-order valence-corrected chi connectivity index (χ1v) is 11.0. The lowest BCUT2D eigenvalue weighted by molar-refractivity contribution is -0.148. The third kappa shape index (κ3) is 18.3. The van der Waals surface area contributed by atoms with Crippen LogP contribution in [-0.2, 0) is 9.59 Å². The van der Waals surface area contributed by atoms with Gasteiger partial charge in [0, 0.05) is 0 Å². The van der Waals surface area contributed by atoms with Gasteiger partial charge in [0.05, 0.1) is 12.3 Å². The molecule has 0 amide bonds. The Balaban J connectivity index is 3.28. The molecule has 0 aliphatic rings. The quantitative estimate of drug-likeness (QED) is 0.181. The van der Waals surface area contributed by atoms with Crippen molar-refractivity contribution in [3.05, 3.63) is 0 Å². The SMILES string of the molecule is O=C(O)CC(CCCCCCCCCCCCCCCC(Cl)Cl)C(=O)O. The Hall–Kier alpha value is -0.480. The molecule has 154 valence electrons. The molecule has 26 heavy (non-hydrogen) atoms. The fourth-order valence-electron chi connectivity index (χ4n) is 3.16. The van der Waals surface area contributed by atoms with Crippen molar-refractivity contribution in [2.45, 2.75) is 108 Å². The van der Waals surface area contributed by atoms with Crippen molar-refractivity contribution in [2.24, 2.45) is 5.92 Å². The van der Waals surface area contributed by atoms with Crippen molar-refractivity contribution in [1.29, 1.82) is 0 Å². The van der Waals surface area contributed by atoms with Crippen molar-refractivity contribution in [1.82, 2.24) is 0 Å². The van der Waals surface area contributed by atoms with E-state index < -0.39 is 17.9 Å². The van der Waals surface area contributed by atoms with Crippen LogP contribution in [0.2, 0.25) is 0 Å². The maximum absolute atomic E-state index is 11.0. The molecule has 0 aliphatic heterocycles. The third-order valence-corrected chi connectivity index (χ3v) is 5.18. The van der Waals surface area contributed by atoms with Crippen molar-refractivity contribution < 1.29 is 19.8 Å². The molecule has 1 atom stereocenters. The van der Waals surface area contributed by atoms with Gasteiger partial charge in [-0.15, -0.1) is 23.2 Å². The first kappa shape index (κ1) is 25.5. The normalized spacial score (nSPS) is 12.4. The molecule has 0 fully saturated rings. The van der Waals surface area contributed by atoms with Gasteiger partial charge in [0.15, 0.2) is 0 Å². The summed E-state index contributed by atoms with van der Waals surface area (Å²) < 4.78 is 0. The Morgan fingerprint density at radius 3 is 1.27 bits per heavy atom. The minimum atomic E-state index is -1.03. The molecule has 0 saturated heterocycles. The molecule has 0 bridgehead atoms. The zero-order valence-electron chi connectivity index (χ0n) is 15.9. The van der Waals surface area contributed by atoms with E-state index in [0.29, 0.717) is 6.42 Å². The first-order chi connectivity index (χ1) is 12.4. The monoisotopic (exact) mass is 410 g/mol. The summed E-state index contributed by atoms with van der Waals surface area (Å²) >= 11 is 11.4. The van der Waals surface area contributed by atoms with E-state index >= 15 is 0 Å². The number of unbranched alkanes of at least 4 members (excludes halogenated alkanes) is 12. The average Bonchev–Trinajstić information content (AvgIpc) is 2.56. The summed E-state index contributed by atoms with van der Waals surface area (Å²) in [5.41, 5.74) is 0. The number of carboxylic acid groups (broad SMARTS) is 2. The van der Waals surface area contributed by atoms with E-state index in [1.165, 1.54) is 57.8 Å². The lowest BCUT2D eigenvalue weighted by Crippen LogP contribution is -2.17. The fraction of sp³-hybridized carbons (Fsp3) is 0.900. The third-order valence-electron chi connectivity index (χ3n) is 4.75. The number of carboxylic acids is 2. The van der Waals surface area contributed by atoms with E-state index in [1.54, 1.807) is 0 Å². The second-order valence-electron chi connectivity index (χ2n) is 7.20. The van der Waals surface area contributed by atoms with Crippen LogP contribution in [0.1, 0.15) is 103 Å². The summed E-state index contributed by atoms with van der Waals surface area (Å²) in [6.07, 6.45) is 16.6. The Morgan fingerprint density at radius 2 is 0.962 bits per heavy atom. The van der Waals surface area contributed by atoms with E-state index in [2.05, 4.69) is 0 Å². The number of carbonyl (C=O) groups is 2. The van der Waals surface area contributed by atoms with Gasteiger partial charge in [-0.1, -0.05) is 83.5 Å². The molecule has 4 nitrogen and oxygen atoms in total. The Kier molecular flexibility index (Phi) is 17.6. The van der Waals surface area contributed by atoms with Crippen molar-refractivity contribution in [3.63, 3.8) is 0 Å². The number of rotatable bonds is 19. The Labute approximate surface area is 168 Å². The van der Waals surface area contributed by atoms with Gasteiger partial charge in [-0.25, -0.2) is 0 Å². The van der Waals surface area contributed by atoms with Gasteiger partial charge in [0.25, 0.3) is 0 Å². The van der Waals surface area contributed by atoms with Gasteiger partial charge in [-0.2, -0.15) is 0 Å². The minimum Gasteiger partial charge on any atom is -0.481 e. The van der Waals surface area contributed by atoms with Gasteiger partial charge in [-0.3, -0.25) is 9.59 Å². The maximum Gasteiger partial charge on any atom is 0.307 e. The van der Waals surface area contributed by atoms with Crippen LogP contribution < -0.4 is 0 Å². The summed E-state index contributed by atoms with van der Waals surface area (Å²) in [5, 5.41) is 17.7. The number of halogens is 2. The second kappa shape index (κ2) is 17.9. The minimum absolute atomic E-state index is 0.210. The highest BCUT2D eigenvalue weighted by Gasteiger charge is 2.20. The molecule has 0 spiro atoms. The summed E-state index contributed by atoms with van der Waals surface area (Å²) in [5.74, 6) is -2.76. The van der Waals surface area contributed by atoms with Crippen molar-refractivity contribution in [2.75, 3.05) is 0 Å². The Morgan fingerprint density at radius 1 is 0.615 bits per heavy atom. The average molecular weight is 411 g/mol. The molecule has 0 aromatic carbocycles. The second-order valence-corrected chi connectivity index (χ2v) is 8.47. The van der Waals surface area contributed by atoms with Crippen LogP contribution in [0.3, 0.4) is 0 Å². The summed E-state index contributed by atoms with van der Waals surface area (Å²) in [4.78, 5) is 21.4. The zero-order chi connectivity index (χ0) is 19.6. The van der Waals surface area contributed by atoms with E-state index in [0.717, 1.165) is 32.1 Å². The summed E-state index contributed by atoms with van der Waals surface area (Å²) in [7, 11) is 0. The molecule has 2 N–H and O–H groups in total. The molecule has 0 heterocycles. The van der Waals surface area contributed by atoms with E-state index in [9.17, 15) is 9.59 Å². The van der Waals surface area contributed by atoms with Gasteiger partial charge in [0.1, 0.15) is 4.84 Å². The fourth-order valence-corrected chi connectivity index (χ4v) is 3.47. The smallest absolute Gasteiger partial charge is 0.307 e. The highest BCUT2D eigenvalue weighted by molar-refractivity contribution is 6.44. The van der Waals surface area contributed by atoms with Gasteiger partial charge in [-0.05, 0) is 12.8 Å². The lowest BCUT2D eigenvalue weighted by Gasteiger charge is -2.09. The molecular weight excluding hydrogens is 375 g/mol.